The minimum atomic E-state index is -0.516. The van der Waals surface area contributed by atoms with Crippen LogP contribution < -0.4 is 5.73 Å². The van der Waals surface area contributed by atoms with Crippen LogP contribution in [0.1, 0.15) is 33.6 Å². The number of amides is 1. The van der Waals surface area contributed by atoms with Crippen LogP contribution >= 0.6 is 0 Å². The lowest BCUT2D eigenvalue weighted by Crippen LogP contribution is -2.52. The molecule has 1 aliphatic carbocycles. The fourth-order valence-corrected chi connectivity index (χ4v) is 2.41. The van der Waals surface area contributed by atoms with Crippen LogP contribution in [0.5, 0.6) is 0 Å². The van der Waals surface area contributed by atoms with Crippen molar-refractivity contribution in [2.75, 3.05) is 19.8 Å². The van der Waals surface area contributed by atoms with E-state index in [-0.39, 0.29) is 11.9 Å². The number of carbonyl (C=O) groups excluding carboxylic acids is 1. The molecule has 0 aromatic rings. The Morgan fingerprint density at radius 2 is 2.18 bits per heavy atom. The van der Waals surface area contributed by atoms with E-state index in [2.05, 4.69) is 13.8 Å². The molecular weight excluding hydrogens is 216 g/mol. The van der Waals surface area contributed by atoms with Gasteiger partial charge in [-0.1, -0.05) is 13.8 Å². The number of hydrogen-bond acceptors (Lipinski definition) is 3. The molecule has 2 unspecified atom stereocenters. The van der Waals surface area contributed by atoms with Gasteiger partial charge in [0.15, 0.2) is 0 Å². The summed E-state index contributed by atoms with van der Waals surface area (Å²) in [7, 11) is 0. The first kappa shape index (κ1) is 12.8. The highest BCUT2D eigenvalue weighted by atomic mass is 16.5. The highest BCUT2D eigenvalue weighted by Gasteiger charge is 2.49. The first-order valence-corrected chi connectivity index (χ1v) is 6.59. The number of rotatable bonds is 4. The quantitative estimate of drug-likeness (QED) is 0.797. The van der Waals surface area contributed by atoms with Gasteiger partial charge < -0.3 is 15.4 Å². The smallest absolute Gasteiger partial charge is 0.232 e. The van der Waals surface area contributed by atoms with Gasteiger partial charge in [-0.2, -0.15) is 0 Å². The van der Waals surface area contributed by atoms with Gasteiger partial charge in [-0.05, 0) is 25.7 Å². The molecule has 1 saturated carbocycles. The summed E-state index contributed by atoms with van der Waals surface area (Å²) in [4.78, 5) is 14.7. The molecule has 0 aromatic heterocycles. The Hall–Kier alpha value is -0.610. The SMILES string of the molecule is CC(C)CN(C(=O)C1(C)COCC1N)C1CC1. The molecule has 0 radical (unpaired) electrons. The van der Waals surface area contributed by atoms with E-state index in [1.165, 1.54) is 0 Å². The fourth-order valence-electron chi connectivity index (χ4n) is 2.41. The first-order chi connectivity index (χ1) is 7.95. The molecule has 98 valence electrons. The number of hydrogen-bond donors (Lipinski definition) is 1. The van der Waals surface area contributed by atoms with E-state index < -0.39 is 5.41 Å². The van der Waals surface area contributed by atoms with Crippen molar-refractivity contribution in [3.8, 4) is 0 Å². The van der Waals surface area contributed by atoms with Crippen LogP contribution in [0.3, 0.4) is 0 Å². The van der Waals surface area contributed by atoms with Crippen molar-refractivity contribution < 1.29 is 9.53 Å². The Kier molecular flexibility index (Phi) is 3.46. The maximum Gasteiger partial charge on any atom is 0.232 e. The molecule has 4 nitrogen and oxygen atoms in total. The Morgan fingerprint density at radius 3 is 2.59 bits per heavy atom. The molecule has 2 aliphatic rings. The Labute approximate surface area is 103 Å². The Bertz CT molecular complexity index is 302. The second kappa shape index (κ2) is 4.58. The molecule has 2 fully saturated rings. The van der Waals surface area contributed by atoms with Crippen molar-refractivity contribution in [2.45, 2.75) is 45.7 Å². The lowest BCUT2D eigenvalue weighted by atomic mass is 9.84. The molecule has 0 aromatic carbocycles. The summed E-state index contributed by atoms with van der Waals surface area (Å²) in [5, 5.41) is 0. The van der Waals surface area contributed by atoms with Crippen molar-refractivity contribution in [2.24, 2.45) is 17.1 Å². The second-order valence-corrected chi connectivity index (χ2v) is 6.12. The van der Waals surface area contributed by atoms with Crippen molar-refractivity contribution in [3.05, 3.63) is 0 Å². The number of ether oxygens (including phenoxy) is 1. The zero-order valence-corrected chi connectivity index (χ0v) is 11.1. The van der Waals surface area contributed by atoms with Crippen LogP contribution in [0.2, 0.25) is 0 Å². The Morgan fingerprint density at radius 1 is 1.53 bits per heavy atom. The van der Waals surface area contributed by atoms with Crippen LogP contribution in [0.4, 0.5) is 0 Å². The minimum Gasteiger partial charge on any atom is -0.379 e. The lowest BCUT2D eigenvalue weighted by molar-refractivity contribution is -0.143. The second-order valence-electron chi connectivity index (χ2n) is 6.12. The van der Waals surface area contributed by atoms with Gasteiger partial charge in [0.2, 0.25) is 5.91 Å². The van der Waals surface area contributed by atoms with Crippen LogP contribution in [0, 0.1) is 11.3 Å². The molecule has 2 rings (SSSR count). The Balaban J connectivity index is 2.10. The molecular formula is C13H24N2O2. The highest BCUT2D eigenvalue weighted by molar-refractivity contribution is 5.84. The van der Waals surface area contributed by atoms with E-state index in [0.717, 1.165) is 19.4 Å². The van der Waals surface area contributed by atoms with E-state index in [9.17, 15) is 4.79 Å². The summed E-state index contributed by atoms with van der Waals surface area (Å²) in [6.07, 6.45) is 2.29. The van der Waals surface area contributed by atoms with E-state index in [4.69, 9.17) is 10.5 Å². The predicted octanol–water partition coefficient (Wildman–Crippen LogP) is 0.997. The molecule has 2 atom stereocenters. The van der Waals surface area contributed by atoms with Crippen LogP contribution in [0.15, 0.2) is 0 Å². The van der Waals surface area contributed by atoms with Crippen molar-refractivity contribution in [1.82, 2.24) is 4.90 Å². The lowest BCUT2D eigenvalue weighted by Gasteiger charge is -2.34. The molecule has 17 heavy (non-hydrogen) atoms. The fraction of sp³-hybridized carbons (Fsp3) is 0.923. The van der Waals surface area contributed by atoms with Gasteiger partial charge in [-0.25, -0.2) is 0 Å². The van der Waals surface area contributed by atoms with Crippen molar-refractivity contribution in [3.63, 3.8) is 0 Å². The third-order valence-electron chi connectivity index (χ3n) is 3.82. The third kappa shape index (κ3) is 2.47. The number of carbonyl (C=O) groups is 1. The molecule has 1 saturated heterocycles. The molecule has 1 amide bonds. The average Bonchev–Trinajstić information content (AvgIpc) is 3.03. The van der Waals surface area contributed by atoms with Gasteiger partial charge >= 0.3 is 0 Å². The monoisotopic (exact) mass is 240 g/mol. The third-order valence-corrected chi connectivity index (χ3v) is 3.82. The van der Waals surface area contributed by atoms with E-state index in [1.807, 2.05) is 11.8 Å². The largest absolute Gasteiger partial charge is 0.379 e. The molecule has 4 heteroatoms. The molecule has 2 N–H and O–H groups in total. The number of nitrogens with two attached hydrogens (primary N) is 1. The highest BCUT2D eigenvalue weighted by Crippen LogP contribution is 2.35. The molecule has 1 aliphatic heterocycles. The standard InChI is InChI=1S/C13H24N2O2/c1-9(2)6-15(10-4-5-10)12(16)13(3)8-17-7-11(13)14/h9-11H,4-8,14H2,1-3H3. The van der Waals surface area contributed by atoms with Gasteiger partial charge in [0.05, 0.1) is 18.6 Å². The van der Waals surface area contributed by atoms with E-state index in [0.29, 0.717) is 25.2 Å². The van der Waals surface area contributed by atoms with Gasteiger partial charge in [-0.15, -0.1) is 0 Å². The molecule has 0 spiro atoms. The zero-order chi connectivity index (χ0) is 12.6. The first-order valence-electron chi connectivity index (χ1n) is 6.59. The number of nitrogens with zero attached hydrogens (tertiary/aromatic N) is 1. The molecule has 1 heterocycles. The van der Waals surface area contributed by atoms with Gasteiger partial charge in [0, 0.05) is 18.6 Å². The minimum absolute atomic E-state index is 0.164. The summed E-state index contributed by atoms with van der Waals surface area (Å²) in [6, 6.07) is 0.290. The van der Waals surface area contributed by atoms with Gasteiger partial charge in [-0.3, -0.25) is 4.79 Å². The zero-order valence-electron chi connectivity index (χ0n) is 11.1. The maximum absolute atomic E-state index is 12.7. The van der Waals surface area contributed by atoms with E-state index >= 15 is 0 Å². The van der Waals surface area contributed by atoms with Gasteiger partial charge in [0.25, 0.3) is 0 Å². The summed E-state index contributed by atoms with van der Waals surface area (Å²) in [6.45, 7) is 8.05. The molecule has 0 bridgehead atoms. The van der Waals surface area contributed by atoms with Crippen molar-refractivity contribution in [1.29, 1.82) is 0 Å². The summed E-state index contributed by atoms with van der Waals surface area (Å²) >= 11 is 0. The van der Waals surface area contributed by atoms with Crippen LogP contribution in [-0.2, 0) is 9.53 Å². The van der Waals surface area contributed by atoms with Crippen LogP contribution in [-0.4, -0.2) is 42.6 Å². The normalized spacial score (nSPS) is 33.1. The topological polar surface area (TPSA) is 55.6 Å². The average molecular weight is 240 g/mol. The summed E-state index contributed by atoms with van der Waals surface area (Å²) < 4.78 is 5.38. The predicted molar refractivity (Wildman–Crippen MR) is 66.5 cm³/mol. The van der Waals surface area contributed by atoms with Crippen LogP contribution in [0.25, 0.3) is 0 Å². The summed E-state index contributed by atoms with van der Waals surface area (Å²) in [5.74, 6) is 0.695. The van der Waals surface area contributed by atoms with Crippen molar-refractivity contribution >= 4 is 5.91 Å². The maximum atomic E-state index is 12.7. The van der Waals surface area contributed by atoms with Gasteiger partial charge in [0.1, 0.15) is 0 Å². The van der Waals surface area contributed by atoms with E-state index in [1.54, 1.807) is 0 Å². The summed E-state index contributed by atoms with van der Waals surface area (Å²) in [5.41, 5.74) is 5.51.